The highest BCUT2D eigenvalue weighted by atomic mass is 35.5. The molecule has 1 saturated heterocycles. The Morgan fingerprint density at radius 2 is 1.97 bits per heavy atom. The number of anilines is 1. The maximum atomic E-state index is 13.2. The summed E-state index contributed by atoms with van der Waals surface area (Å²) in [4.78, 5) is 25.2. The molecule has 160 valence electrons. The van der Waals surface area contributed by atoms with Crippen molar-refractivity contribution in [2.24, 2.45) is 0 Å². The van der Waals surface area contributed by atoms with E-state index >= 15 is 0 Å². The summed E-state index contributed by atoms with van der Waals surface area (Å²) in [6, 6.07) is 12.5. The Labute approximate surface area is 189 Å². The Kier molecular flexibility index (Phi) is 6.25. The van der Waals surface area contributed by atoms with Gasteiger partial charge in [-0.1, -0.05) is 29.3 Å². The lowest BCUT2D eigenvalue weighted by atomic mass is 10.1. The molecule has 1 aliphatic rings. The predicted octanol–water partition coefficient (Wildman–Crippen LogP) is 5.07. The molecule has 0 spiro atoms. The summed E-state index contributed by atoms with van der Waals surface area (Å²) >= 11 is 12.1. The number of nitrogens with zero attached hydrogens (tertiary/aromatic N) is 4. The van der Waals surface area contributed by atoms with E-state index in [0.717, 1.165) is 0 Å². The number of piperazine rings is 1. The van der Waals surface area contributed by atoms with Gasteiger partial charge in [-0.3, -0.25) is 4.79 Å². The van der Waals surface area contributed by atoms with Crippen LogP contribution in [0.2, 0.25) is 10.0 Å². The third kappa shape index (κ3) is 4.89. The molecule has 2 heterocycles. The lowest BCUT2D eigenvalue weighted by Crippen LogP contribution is -2.54. The molecule has 1 fully saturated rings. The van der Waals surface area contributed by atoms with Gasteiger partial charge >= 0.3 is 0 Å². The van der Waals surface area contributed by atoms with Gasteiger partial charge in [-0.05, 0) is 43.3 Å². The fraction of sp³-hybridized carbons (Fsp3) is 0.227. The van der Waals surface area contributed by atoms with Crippen LogP contribution in [0.5, 0.6) is 11.6 Å². The van der Waals surface area contributed by atoms with Crippen molar-refractivity contribution in [1.82, 2.24) is 14.9 Å². The number of benzene rings is 2. The number of aromatic nitrogens is 2. The molecular formula is C22H19Cl2FN4O2. The van der Waals surface area contributed by atoms with Crippen molar-refractivity contribution in [3.63, 3.8) is 0 Å². The minimum absolute atomic E-state index is 0.0360. The van der Waals surface area contributed by atoms with Crippen LogP contribution in [0, 0.1) is 5.82 Å². The number of amides is 1. The monoisotopic (exact) mass is 460 g/mol. The van der Waals surface area contributed by atoms with Gasteiger partial charge in [0.2, 0.25) is 5.88 Å². The quantitative estimate of drug-likeness (QED) is 0.544. The van der Waals surface area contributed by atoms with Crippen molar-refractivity contribution in [3.8, 4) is 11.6 Å². The third-order valence-electron chi connectivity index (χ3n) is 5.02. The molecular weight excluding hydrogens is 442 g/mol. The van der Waals surface area contributed by atoms with Gasteiger partial charge in [0.15, 0.2) is 0 Å². The van der Waals surface area contributed by atoms with Crippen molar-refractivity contribution in [3.05, 3.63) is 76.3 Å². The van der Waals surface area contributed by atoms with E-state index in [9.17, 15) is 9.18 Å². The normalized spacial score (nSPS) is 16.3. The van der Waals surface area contributed by atoms with Crippen LogP contribution < -0.4 is 9.64 Å². The summed E-state index contributed by atoms with van der Waals surface area (Å²) in [5, 5.41) is 0.689. The summed E-state index contributed by atoms with van der Waals surface area (Å²) in [7, 11) is 0. The van der Waals surface area contributed by atoms with Gasteiger partial charge in [-0.25, -0.2) is 14.4 Å². The topological polar surface area (TPSA) is 58.6 Å². The highest BCUT2D eigenvalue weighted by Gasteiger charge is 2.29. The molecule has 1 amide bonds. The lowest BCUT2D eigenvalue weighted by molar-refractivity contribution is 0.0673. The first-order valence-electron chi connectivity index (χ1n) is 9.67. The van der Waals surface area contributed by atoms with Gasteiger partial charge in [0.1, 0.15) is 23.7 Å². The van der Waals surface area contributed by atoms with Crippen LogP contribution in [0.1, 0.15) is 17.3 Å². The molecule has 31 heavy (non-hydrogen) atoms. The molecule has 6 nitrogen and oxygen atoms in total. The maximum Gasteiger partial charge on any atom is 0.254 e. The number of hydrogen-bond acceptors (Lipinski definition) is 5. The fourth-order valence-corrected chi connectivity index (χ4v) is 3.88. The van der Waals surface area contributed by atoms with Crippen molar-refractivity contribution in [1.29, 1.82) is 0 Å². The summed E-state index contributed by atoms with van der Waals surface area (Å²) in [6.07, 6.45) is 1.40. The highest BCUT2D eigenvalue weighted by Crippen LogP contribution is 2.30. The van der Waals surface area contributed by atoms with E-state index in [0.29, 0.717) is 47.7 Å². The fourth-order valence-electron chi connectivity index (χ4n) is 3.48. The Hall–Kier alpha value is -2.90. The number of hydrogen-bond donors (Lipinski definition) is 0. The zero-order valence-corrected chi connectivity index (χ0v) is 18.1. The van der Waals surface area contributed by atoms with Crippen molar-refractivity contribution < 1.29 is 13.9 Å². The van der Waals surface area contributed by atoms with Crippen LogP contribution in [0.3, 0.4) is 0 Å². The zero-order valence-electron chi connectivity index (χ0n) is 16.6. The molecule has 1 aliphatic heterocycles. The van der Waals surface area contributed by atoms with E-state index in [1.54, 1.807) is 30.3 Å². The minimum Gasteiger partial charge on any atom is -0.437 e. The van der Waals surface area contributed by atoms with Crippen molar-refractivity contribution in [2.45, 2.75) is 13.0 Å². The summed E-state index contributed by atoms with van der Waals surface area (Å²) in [6.45, 7) is 3.73. The van der Waals surface area contributed by atoms with Crippen molar-refractivity contribution in [2.75, 3.05) is 24.5 Å². The summed E-state index contributed by atoms with van der Waals surface area (Å²) in [5.41, 5.74) is 0.571. The lowest BCUT2D eigenvalue weighted by Gasteiger charge is -2.40. The molecule has 0 unspecified atom stereocenters. The van der Waals surface area contributed by atoms with Crippen LogP contribution in [0.15, 0.2) is 54.9 Å². The predicted molar refractivity (Wildman–Crippen MR) is 118 cm³/mol. The molecule has 1 atom stereocenters. The largest absolute Gasteiger partial charge is 0.437 e. The Morgan fingerprint density at radius 1 is 1.13 bits per heavy atom. The van der Waals surface area contributed by atoms with E-state index < -0.39 is 5.82 Å². The van der Waals surface area contributed by atoms with E-state index in [1.807, 2.05) is 11.8 Å². The molecule has 0 bridgehead atoms. The molecule has 1 aromatic heterocycles. The van der Waals surface area contributed by atoms with Gasteiger partial charge in [-0.15, -0.1) is 0 Å². The van der Waals surface area contributed by atoms with Crippen LogP contribution >= 0.6 is 23.2 Å². The maximum absolute atomic E-state index is 13.2. The molecule has 0 radical (unpaired) electrons. The number of rotatable bonds is 4. The van der Waals surface area contributed by atoms with Gasteiger partial charge in [-0.2, -0.15) is 0 Å². The van der Waals surface area contributed by atoms with E-state index in [-0.39, 0.29) is 17.0 Å². The van der Waals surface area contributed by atoms with E-state index in [1.165, 1.54) is 24.5 Å². The minimum atomic E-state index is -0.445. The number of ether oxygens (including phenoxy) is 1. The molecule has 9 heteroatoms. The van der Waals surface area contributed by atoms with Crippen LogP contribution in [0.4, 0.5) is 10.2 Å². The zero-order chi connectivity index (χ0) is 22.0. The molecule has 0 aliphatic carbocycles. The van der Waals surface area contributed by atoms with Gasteiger partial charge < -0.3 is 14.5 Å². The van der Waals surface area contributed by atoms with Crippen molar-refractivity contribution >= 4 is 34.9 Å². The van der Waals surface area contributed by atoms with E-state index in [4.69, 9.17) is 27.9 Å². The third-order valence-corrected chi connectivity index (χ3v) is 5.55. The summed E-state index contributed by atoms with van der Waals surface area (Å²) < 4.78 is 18.9. The van der Waals surface area contributed by atoms with Gasteiger partial charge in [0.05, 0.1) is 5.02 Å². The van der Waals surface area contributed by atoms with Crippen LogP contribution in [0.25, 0.3) is 0 Å². The molecule has 4 rings (SSSR count). The number of carbonyl (C=O) groups excluding carboxylic acids is 1. The second-order valence-electron chi connectivity index (χ2n) is 7.20. The Bertz CT molecular complexity index is 1110. The summed E-state index contributed by atoms with van der Waals surface area (Å²) in [5.74, 6) is 0.777. The van der Waals surface area contributed by atoms with Gasteiger partial charge in [0, 0.05) is 42.3 Å². The standard InChI is InChI=1S/C22H19Cl2FN4O2/c1-14-12-28(7-8-29(14)22(30)15-3-2-4-16(23)9-15)20-11-21(27-13-26-20)31-19-6-5-17(25)10-18(19)24/h2-6,9-11,13-14H,7-8,12H2,1H3/t14-/m0/s1. The second kappa shape index (κ2) is 9.08. The Balaban J connectivity index is 1.45. The van der Waals surface area contributed by atoms with Gasteiger partial charge in [0.25, 0.3) is 5.91 Å². The molecule has 0 N–H and O–H groups in total. The first kappa shape index (κ1) is 21.3. The first-order chi connectivity index (χ1) is 14.9. The average molecular weight is 461 g/mol. The Morgan fingerprint density at radius 3 is 2.71 bits per heavy atom. The SMILES string of the molecule is C[C@H]1CN(c2cc(Oc3ccc(F)cc3Cl)ncn2)CCN1C(=O)c1cccc(Cl)c1. The van der Waals surface area contributed by atoms with E-state index in [2.05, 4.69) is 14.9 Å². The molecule has 3 aromatic rings. The van der Waals surface area contributed by atoms with Crippen LogP contribution in [-0.2, 0) is 0 Å². The second-order valence-corrected chi connectivity index (χ2v) is 8.04. The first-order valence-corrected chi connectivity index (χ1v) is 10.4. The molecule has 0 saturated carbocycles. The smallest absolute Gasteiger partial charge is 0.254 e. The molecule has 2 aromatic carbocycles. The number of halogens is 3. The highest BCUT2D eigenvalue weighted by molar-refractivity contribution is 6.32. The van der Waals surface area contributed by atoms with Crippen LogP contribution in [-0.4, -0.2) is 46.5 Å². The number of carbonyl (C=O) groups is 1. The average Bonchev–Trinajstić information content (AvgIpc) is 2.75.